The number of hydrogen-bond acceptors (Lipinski definition) is 2. The van der Waals surface area contributed by atoms with Gasteiger partial charge in [0.15, 0.2) is 0 Å². The van der Waals surface area contributed by atoms with Crippen molar-refractivity contribution in [1.29, 1.82) is 0 Å². The summed E-state index contributed by atoms with van der Waals surface area (Å²) in [4.78, 5) is 20.3. The second-order valence-corrected chi connectivity index (χ2v) is 9.67. The predicted molar refractivity (Wildman–Crippen MR) is 143 cm³/mol. The van der Waals surface area contributed by atoms with Crippen LogP contribution in [0.3, 0.4) is 0 Å². The van der Waals surface area contributed by atoms with Gasteiger partial charge >= 0.3 is 0 Å². The number of benzene rings is 4. The number of halogens is 1. The van der Waals surface area contributed by atoms with Crippen molar-refractivity contribution in [2.24, 2.45) is 0 Å². The maximum absolute atomic E-state index is 13.2. The van der Waals surface area contributed by atoms with Gasteiger partial charge in [0, 0.05) is 35.8 Å². The predicted octanol–water partition coefficient (Wildman–Crippen LogP) is 7.18. The van der Waals surface area contributed by atoms with E-state index in [-0.39, 0.29) is 5.91 Å². The first-order chi connectivity index (χ1) is 17.2. The van der Waals surface area contributed by atoms with Crippen molar-refractivity contribution in [3.05, 3.63) is 101 Å². The zero-order valence-corrected chi connectivity index (χ0v) is 20.2. The number of piperidine rings is 1. The van der Waals surface area contributed by atoms with Crippen LogP contribution in [-0.4, -0.2) is 33.4 Å². The lowest BCUT2D eigenvalue weighted by molar-refractivity contribution is 0.0724. The van der Waals surface area contributed by atoms with Crippen molar-refractivity contribution in [2.75, 3.05) is 13.1 Å². The average Bonchev–Trinajstić information content (AvgIpc) is 3.27. The van der Waals surface area contributed by atoms with E-state index >= 15 is 0 Å². The summed E-state index contributed by atoms with van der Waals surface area (Å²) >= 11 is 6.14. The Kier molecular flexibility index (Phi) is 5.75. The molecule has 1 amide bonds. The smallest absolute Gasteiger partial charge is 0.253 e. The Morgan fingerprint density at radius 1 is 0.857 bits per heavy atom. The molecule has 1 aliphatic heterocycles. The van der Waals surface area contributed by atoms with Gasteiger partial charge in [0.25, 0.3) is 5.91 Å². The molecule has 1 saturated heterocycles. The van der Waals surface area contributed by atoms with Gasteiger partial charge in [-0.1, -0.05) is 66.2 Å². The molecule has 0 radical (unpaired) electrons. The molecule has 1 aromatic heterocycles. The zero-order valence-electron chi connectivity index (χ0n) is 19.5. The SMILES string of the molecule is O=C(c1ccc2c(c1)nc(-c1cccc3ccccc13)n2Cc1ccc(Cl)cc1)N1CCCCC1. The third-order valence-electron chi connectivity index (χ3n) is 6.92. The third kappa shape index (κ3) is 4.19. The van der Waals surface area contributed by atoms with Gasteiger partial charge in [-0.2, -0.15) is 0 Å². The van der Waals surface area contributed by atoms with Crippen LogP contribution in [0.4, 0.5) is 0 Å². The van der Waals surface area contributed by atoms with Crippen LogP contribution in [0.2, 0.25) is 5.02 Å². The molecule has 5 aromatic rings. The van der Waals surface area contributed by atoms with Crippen LogP contribution in [0, 0.1) is 0 Å². The molecule has 35 heavy (non-hydrogen) atoms. The van der Waals surface area contributed by atoms with E-state index in [0.717, 1.165) is 64.3 Å². The molecule has 1 fully saturated rings. The number of likely N-dealkylation sites (tertiary alicyclic amines) is 1. The van der Waals surface area contributed by atoms with E-state index in [2.05, 4.69) is 59.2 Å². The molecular weight excluding hydrogens is 454 g/mol. The highest BCUT2D eigenvalue weighted by Gasteiger charge is 2.21. The minimum atomic E-state index is 0.102. The fraction of sp³-hybridized carbons (Fsp3) is 0.200. The Morgan fingerprint density at radius 3 is 2.46 bits per heavy atom. The van der Waals surface area contributed by atoms with E-state index in [0.29, 0.717) is 12.1 Å². The van der Waals surface area contributed by atoms with Gasteiger partial charge in [0.2, 0.25) is 0 Å². The van der Waals surface area contributed by atoms with Gasteiger partial charge < -0.3 is 9.47 Å². The molecule has 0 N–H and O–H groups in total. The van der Waals surface area contributed by atoms with Gasteiger partial charge in [-0.25, -0.2) is 4.98 Å². The summed E-state index contributed by atoms with van der Waals surface area (Å²) in [6.07, 6.45) is 3.36. The molecule has 4 nitrogen and oxygen atoms in total. The number of fused-ring (bicyclic) bond motifs is 2. The van der Waals surface area contributed by atoms with Crippen LogP contribution in [0.5, 0.6) is 0 Å². The maximum Gasteiger partial charge on any atom is 0.253 e. The van der Waals surface area contributed by atoms with E-state index < -0.39 is 0 Å². The van der Waals surface area contributed by atoms with E-state index in [1.807, 2.05) is 35.2 Å². The van der Waals surface area contributed by atoms with Gasteiger partial charge in [-0.05, 0) is 65.9 Å². The lowest BCUT2D eigenvalue weighted by Crippen LogP contribution is -2.35. The summed E-state index contributed by atoms with van der Waals surface area (Å²) < 4.78 is 2.25. The molecule has 4 aromatic carbocycles. The molecule has 0 unspecified atom stereocenters. The fourth-order valence-corrected chi connectivity index (χ4v) is 5.23. The summed E-state index contributed by atoms with van der Waals surface area (Å²) in [6.45, 7) is 2.33. The Morgan fingerprint density at radius 2 is 1.63 bits per heavy atom. The minimum absolute atomic E-state index is 0.102. The monoisotopic (exact) mass is 479 g/mol. The van der Waals surface area contributed by atoms with Gasteiger partial charge in [-0.3, -0.25) is 4.79 Å². The number of nitrogens with zero attached hydrogens (tertiary/aromatic N) is 3. The molecular formula is C30H26ClN3O. The van der Waals surface area contributed by atoms with Crippen LogP contribution in [0.25, 0.3) is 33.2 Å². The largest absolute Gasteiger partial charge is 0.339 e. The highest BCUT2D eigenvalue weighted by molar-refractivity contribution is 6.30. The zero-order chi connectivity index (χ0) is 23.8. The van der Waals surface area contributed by atoms with E-state index in [1.54, 1.807) is 0 Å². The Hall–Kier alpha value is -3.63. The molecule has 1 aliphatic rings. The first-order valence-corrected chi connectivity index (χ1v) is 12.6. The van der Waals surface area contributed by atoms with Crippen molar-refractivity contribution < 1.29 is 4.79 Å². The highest BCUT2D eigenvalue weighted by atomic mass is 35.5. The molecule has 0 atom stereocenters. The Bertz CT molecular complexity index is 1530. The number of imidazole rings is 1. The topological polar surface area (TPSA) is 38.1 Å². The van der Waals surface area contributed by atoms with Gasteiger partial charge in [0.05, 0.1) is 11.0 Å². The van der Waals surface area contributed by atoms with Gasteiger partial charge in [0.1, 0.15) is 5.82 Å². The molecule has 0 saturated carbocycles. The molecule has 0 aliphatic carbocycles. The maximum atomic E-state index is 13.2. The molecule has 0 bridgehead atoms. The number of hydrogen-bond donors (Lipinski definition) is 0. The van der Waals surface area contributed by atoms with E-state index in [1.165, 1.54) is 11.8 Å². The van der Waals surface area contributed by atoms with Crippen molar-refractivity contribution >= 4 is 39.3 Å². The summed E-state index contributed by atoms with van der Waals surface area (Å²) in [5, 5.41) is 3.06. The molecule has 6 rings (SSSR count). The number of aromatic nitrogens is 2. The first-order valence-electron chi connectivity index (χ1n) is 12.2. The Balaban J connectivity index is 1.50. The lowest BCUT2D eigenvalue weighted by atomic mass is 10.0. The molecule has 174 valence electrons. The number of carbonyl (C=O) groups excluding carboxylic acids is 1. The first kappa shape index (κ1) is 21.9. The van der Waals surface area contributed by atoms with Crippen LogP contribution in [-0.2, 0) is 6.54 Å². The lowest BCUT2D eigenvalue weighted by Gasteiger charge is -2.26. The minimum Gasteiger partial charge on any atom is -0.339 e. The molecule has 5 heteroatoms. The molecule has 2 heterocycles. The standard InChI is InChI=1S/C30H26ClN3O/c31-24-14-11-21(12-15-24)20-34-28-16-13-23(30(35)33-17-4-1-5-18-33)19-27(28)32-29(34)26-10-6-8-22-7-2-3-9-25(22)26/h2-3,6-16,19H,1,4-5,17-18,20H2. The third-order valence-corrected chi connectivity index (χ3v) is 7.17. The fourth-order valence-electron chi connectivity index (χ4n) is 5.10. The molecule has 0 spiro atoms. The summed E-state index contributed by atoms with van der Waals surface area (Å²) in [5.74, 6) is 1.000. The van der Waals surface area contributed by atoms with Crippen LogP contribution in [0.1, 0.15) is 35.2 Å². The quantitative estimate of drug-likeness (QED) is 0.273. The van der Waals surface area contributed by atoms with Crippen molar-refractivity contribution in [1.82, 2.24) is 14.5 Å². The summed E-state index contributed by atoms with van der Waals surface area (Å²) in [6, 6.07) is 28.6. The van der Waals surface area contributed by atoms with Crippen LogP contribution < -0.4 is 0 Å². The van der Waals surface area contributed by atoms with Crippen molar-refractivity contribution in [2.45, 2.75) is 25.8 Å². The summed E-state index contributed by atoms with van der Waals surface area (Å²) in [5.41, 5.74) is 4.78. The number of rotatable bonds is 4. The second-order valence-electron chi connectivity index (χ2n) is 9.23. The number of carbonyl (C=O) groups is 1. The normalized spacial score (nSPS) is 14.0. The van der Waals surface area contributed by atoms with Gasteiger partial charge in [-0.15, -0.1) is 0 Å². The van der Waals surface area contributed by atoms with Crippen molar-refractivity contribution in [3.63, 3.8) is 0 Å². The Labute approximate surface area is 209 Å². The van der Waals surface area contributed by atoms with Crippen LogP contribution in [0.15, 0.2) is 84.9 Å². The van der Waals surface area contributed by atoms with E-state index in [9.17, 15) is 4.79 Å². The van der Waals surface area contributed by atoms with Crippen molar-refractivity contribution in [3.8, 4) is 11.4 Å². The summed E-state index contributed by atoms with van der Waals surface area (Å²) in [7, 11) is 0. The van der Waals surface area contributed by atoms with E-state index in [4.69, 9.17) is 16.6 Å². The highest BCUT2D eigenvalue weighted by Crippen LogP contribution is 2.32. The number of amides is 1. The average molecular weight is 480 g/mol. The van der Waals surface area contributed by atoms with Crippen LogP contribution >= 0.6 is 11.6 Å². The second kappa shape index (κ2) is 9.20.